The number of carbonyl (C=O) groups excluding carboxylic acids is 1. The maximum Gasteiger partial charge on any atom is 0.275 e. The lowest BCUT2D eigenvalue weighted by molar-refractivity contribution is -0.122. The molecule has 0 spiro atoms. The molecule has 1 N–H and O–H groups in total. The van der Waals surface area contributed by atoms with Gasteiger partial charge in [0.1, 0.15) is 6.54 Å². The van der Waals surface area contributed by atoms with Crippen LogP contribution < -0.4 is 10.9 Å². The minimum absolute atomic E-state index is 0.0438. The number of hydrogen-bond acceptors (Lipinski definition) is 5. The van der Waals surface area contributed by atoms with Crippen molar-refractivity contribution in [3.05, 3.63) is 40.3 Å². The van der Waals surface area contributed by atoms with Crippen molar-refractivity contribution in [1.29, 1.82) is 0 Å². The molecule has 1 aliphatic heterocycles. The SMILES string of the molecule is Cc1nn(CC(=O)N[C@H]2CCS(=O)(=O)C2)c(=O)c2ccccc12. The van der Waals surface area contributed by atoms with Crippen LogP contribution in [0.25, 0.3) is 10.8 Å². The Morgan fingerprint density at radius 1 is 1.35 bits per heavy atom. The Bertz CT molecular complexity index is 933. The first-order valence-corrected chi connectivity index (χ1v) is 9.14. The summed E-state index contributed by atoms with van der Waals surface area (Å²) in [7, 11) is -3.06. The zero-order valence-corrected chi connectivity index (χ0v) is 13.5. The van der Waals surface area contributed by atoms with E-state index < -0.39 is 15.7 Å². The highest BCUT2D eigenvalue weighted by Gasteiger charge is 2.29. The number of carbonyl (C=O) groups is 1. The summed E-state index contributed by atoms with van der Waals surface area (Å²) in [6.45, 7) is 1.56. The van der Waals surface area contributed by atoms with Crippen molar-refractivity contribution < 1.29 is 13.2 Å². The number of hydrogen-bond donors (Lipinski definition) is 1. The predicted molar refractivity (Wildman–Crippen MR) is 85.9 cm³/mol. The molecule has 7 nitrogen and oxygen atoms in total. The Morgan fingerprint density at radius 2 is 2.04 bits per heavy atom. The topological polar surface area (TPSA) is 98.1 Å². The first-order chi connectivity index (χ1) is 10.9. The van der Waals surface area contributed by atoms with Crippen molar-refractivity contribution in [2.75, 3.05) is 11.5 Å². The van der Waals surface area contributed by atoms with E-state index in [1.165, 1.54) is 0 Å². The summed E-state index contributed by atoms with van der Waals surface area (Å²) in [4.78, 5) is 24.5. The average molecular weight is 335 g/mol. The van der Waals surface area contributed by atoms with E-state index in [1.54, 1.807) is 19.1 Å². The summed E-state index contributed by atoms with van der Waals surface area (Å²) in [5.41, 5.74) is 0.330. The van der Waals surface area contributed by atoms with Gasteiger partial charge in [0, 0.05) is 11.4 Å². The molecule has 1 aromatic carbocycles. The lowest BCUT2D eigenvalue weighted by Gasteiger charge is -2.12. The Hall–Kier alpha value is -2.22. The lowest BCUT2D eigenvalue weighted by Crippen LogP contribution is -2.40. The smallest absolute Gasteiger partial charge is 0.275 e. The molecule has 2 aromatic rings. The molecule has 1 aromatic heterocycles. The number of aryl methyl sites for hydroxylation is 1. The third kappa shape index (κ3) is 3.26. The number of amides is 1. The molecule has 1 amide bonds. The quantitative estimate of drug-likeness (QED) is 0.852. The van der Waals surface area contributed by atoms with E-state index in [1.807, 2.05) is 12.1 Å². The molecule has 0 bridgehead atoms. The largest absolute Gasteiger partial charge is 0.351 e. The summed E-state index contributed by atoms with van der Waals surface area (Å²) < 4.78 is 23.9. The van der Waals surface area contributed by atoms with Crippen molar-refractivity contribution in [2.24, 2.45) is 0 Å². The molecule has 8 heteroatoms. The van der Waals surface area contributed by atoms with Gasteiger partial charge >= 0.3 is 0 Å². The third-order valence-electron chi connectivity index (χ3n) is 3.94. The van der Waals surface area contributed by atoms with Gasteiger partial charge < -0.3 is 5.32 Å². The minimum atomic E-state index is -3.06. The number of nitrogens with one attached hydrogen (secondary N) is 1. The van der Waals surface area contributed by atoms with E-state index in [0.717, 1.165) is 10.1 Å². The van der Waals surface area contributed by atoms with Crippen LogP contribution in [0.4, 0.5) is 0 Å². The van der Waals surface area contributed by atoms with Crippen molar-refractivity contribution in [3.8, 4) is 0 Å². The molecule has 1 aliphatic rings. The highest BCUT2D eigenvalue weighted by Crippen LogP contribution is 2.12. The third-order valence-corrected chi connectivity index (χ3v) is 5.71. The standard InChI is InChI=1S/C15H17N3O4S/c1-10-12-4-2-3-5-13(12)15(20)18(17-10)8-14(19)16-11-6-7-23(21,22)9-11/h2-5,11H,6-9H2,1H3,(H,16,19)/t11-/m0/s1. The van der Waals surface area contributed by atoms with Gasteiger partial charge in [0.15, 0.2) is 9.84 Å². The Balaban J connectivity index is 1.80. The van der Waals surface area contributed by atoms with Crippen molar-refractivity contribution in [2.45, 2.75) is 25.9 Å². The molecular weight excluding hydrogens is 318 g/mol. The number of nitrogens with zero attached hydrogens (tertiary/aromatic N) is 2. The monoisotopic (exact) mass is 335 g/mol. The summed E-state index contributed by atoms with van der Waals surface area (Å²) in [6.07, 6.45) is 0.410. The molecule has 0 radical (unpaired) electrons. The molecule has 122 valence electrons. The van der Waals surface area contributed by atoms with E-state index in [2.05, 4.69) is 10.4 Å². The van der Waals surface area contributed by atoms with Crippen LogP contribution in [0.15, 0.2) is 29.1 Å². The first-order valence-electron chi connectivity index (χ1n) is 7.32. The molecule has 1 atom stereocenters. The van der Waals surface area contributed by atoms with Gasteiger partial charge in [0.25, 0.3) is 5.56 Å². The van der Waals surface area contributed by atoms with Crippen LogP contribution in [-0.4, -0.2) is 41.7 Å². The van der Waals surface area contributed by atoms with Crippen LogP contribution in [0.3, 0.4) is 0 Å². The van der Waals surface area contributed by atoms with Crippen molar-refractivity contribution >= 4 is 26.5 Å². The fourth-order valence-corrected chi connectivity index (χ4v) is 4.50. The first kappa shape index (κ1) is 15.7. The van der Waals surface area contributed by atoms with Gasteiger partial charge in [0.05, 0.1) is 22.6 Å². The Morgan fingerprint density at radius 3 is 2.70 bits per heavy atom. The molecule has 2 heterocycles. The van der Waals surface area contributed by atoms with Gasteiger partial charge in [-0.25, -0.2) is 13.1 Å². The highest BCUT2D eigenvalue weighted by molar-refractivity contribution is 7.91. The van der Waals surface area contributed by atoms with Gasteiger partial charge in [-0.1, -0.05) is 18.2 Å². The molecular formula is C15H17N3O4S. The molecule has 0 saturated carbocycles. The zero-order chi connectivity index (χ0) is 16.6. The van der Waals surface area contributed by atoms with E-state index in [4.69, 9.17) is 0 Å². The zero-order valence-electron chi connectivity index (χ0n) is 12.7. The van der Waals surface area contributed by atoms with Gasteiger partial charge in [-0.3, -0.25) is 9.59 Å². The number of sulfone groups is 1. The van der Waals surface area contributed by atoms with Crippen LogP contribution in [0.5, 0.6) is 0 Å². The summed E-state index contributed by atoms with van der Waals surface area (Å²) in [5.74, 6) is -0.361. The van der Waals surface area contributed by atoms with Crippen molar-refractivity contribution in [3.63, 3.8) is 0 Å². The Labute approximate surface area is 133 Å². The van der Waals surface area contributed by atoms with Crippen LogP contribution in [-0.2, 0) is 21.2 Å². The molecule has 1 saturated heterocycles. The average Bonchev–Trinajstić information content (AvgIpc) is 2.83. The summed E-state index contributed by atoms with van der Waals surface area (Å²) in [5, 5.41) is 8.10. The molecule has 3 rings (SSSR count). The minimum Gasteiger partial charge on any atom is -0.351 e. The van der Waals surface area contributed by atoms with E-state index in [-0.39, 0.29) is 29.7 Å². The van der Waals surface area contributed by atoms with Gasteiger partial charge in [-0.2, -0.15) is 5.10 Å². The fraction of sp³-hybridized carbons (Fsp3) is 0.400. The van der Waals surface area contributed by atoms with Crippen LogP contribution in [0, 0.1) is 6.92 Å². The second-order valence-corrected chi connectivity index (χ2v) is 7.99. The fourth-order valence-electron chi connectivity index (χ4n) is 2.83. The van der Waals surface area contributed by atoms with Gasteiger partial charge in [-0.15, -0.1) is 0 Å². The van der Waals surface area contributed by atoms with Crippen LogP contribution in [0.2, 0.25) is 0 Å². The predicted octanol–water partition coefficient (Wildman–Crippen LogP) is 0.00822. The van der Waals surface area contributed by atoms with Crippen LogP contribution >= 0.6 is 0 Å². The summed E-state index contributed by atoms with van der Waals surface area (Å²) >= 11 is 0. The molecule has 1 fully saturated rings. The lowest BCUT2D eigenvalue weighted by atomic mass is 10.1. The van der Waals surface area contributed by atoms with Crippen molar-refractivity contribution in [1.82, 2.24) is 15.1 Å². The maximum absolute atomic E-state index is 12.4. The van der Waals surface area contributed by atoms with Gasteiger partial charge in [0.2, 0.25) is 5.91 Å². The second kappa shape index (κ2) is 5.77. The number of rotatable bonds is 3. The second-order valence-electron chi connectivity index (χ2n) is 5.76. The van der Waals surface area contributed by atoms with E-state index in [9.17, 15) is 18.0 Å². The Kier molecular flexibility index (Phi) is 3.93. The molecule has 0 aliphatic carbocycles. The van der Waals surface area contributed by atoms with E-state index in [0.29, 0.717) is 17.5 Å². The van der Waals surface area contributed by atoms with Gasteiger partial charge in [-0.05, 0) is 19.4 Å². The maximum atomic E-state index is 12.4. The number of benzene rings is 1. The highest BCUT2D eigenvalue weighted by atomic mass is 32.2. The van der Waals surface area contributed by atoms with Crippen LogP contribution in [0.1, 0.15) is 12.1 Å². The molecule has 23 heavy (non-hydrogen) atoms. The normalized spacial score (nSPS) is 19.8. The molecule has 0 unspecified atom stereocenters. The number of aromatic nitrogens is 2. The number of fused-ring (bicyclic) bond motifs is 1. The summed E-state index contributed by atoms with van der Waals surface area (Å²) in [6, 6.07) is 6.71. The van der Waals surface area contributed by atoms with E-state index >= 15 is 0 Å².